The Morgan fingerprint density at radius 1 is 1.16 bits per heavy atom. The summed E-state index contributed by atoms with van der Waals surface area (Å²) in [4.78, 5) is 0. The van der Waals surface area contributed by atoms with Crippen LogP contribution in [0.5, 0.6) is 5.75 Å². The van der Waals surface area contributed by atoms with Crippen LogP contribution in [0.15, 0.2) is 40.9 Å². The molecular formula is C16H18BrNO. The van der Waals surface area contributed by atoms with Crippen molar-refractivity contribution in [3.63, 3.8) is 0 Å². The van der Waals surface area contributed by atoms with Crippen molar-refractivity contribution >= 4 is 21.6 Å². The van der Waals surface area contributed by atoms with Crippen molar-refractivity contribution in [3.05, 3.63) is 57.6 Å². The van der Waals surface area contributed by atoms with Crippen molar-refractivity contribution in [2.45, 2.75) is 20.4 Å². The first kappa shape index (κ1) is 13.9. The van der Waals surface area contributed by atoms with Crippen LogP contribution in [-0.2, 0) is 6.54 Å². The van der Waals surface area contributed by atoms with Gasteiger partial charge in [0.05, 0.1) is 12.8 Å². The molecule has 0 bridgehead atoms. The van der Waals surface area contributed by atoms with Crippen molar-refractivity contribution in [1.29, 1.82) is 0 Å². The van der Waals surface area contributed by atoms with E-state index in [0.29, 0.717) is 0 Å². The third-order valence-electron chi connectivity index (χ3n) is 3.08. The third kappa shape index (κ3) is 3.29. The second-order valence-corrected chi connectivity index (χ2v) is 5.46. The van der Waals surface area contributed by atoms with E-state index in [1.165, 1.54) is 11.1 Å². The van der Waals surface area contributed by atoms with Crippen LogP contribution in [0.4, 0.5) is 5.69 Å². The van der Waals surface area contributed by atoms with Crippen molar-refractivity contribution in [2.24, 2.45) is 0 Å². The van der Waals surface area contributed by atoms with Crippen molar-refractivity contribution < 1.29 is 4.74 Å². The molecule has 0 radical (unpaired) electrons. The Morgan fingerprint density at radius 2 is 1.89 bits per heavy atom. The van der Waals surface area contributed by atoms with E-state index >= 15 is 0 Å². The molecule has 1 N–H and O–H groups in total. The van der Waals surface area contributed by atoms with Gasteiger partial charge in [0.15, 0.2) is 0 Å². The number of para-hydroxylation sites is 1. The van der Waals surface area contributed by atoms with Crippen molar-refractivity contribution in [3.8, 4) is 5.75 Å². The summed E-state index contributed by atoms with van der Waals surface area (Å²) in [7, 11) is 1.70. The Balaban J connectivity index is 2.19. The summed E-state index contributed by atoms with van der Waals surface area (Å²) in [6.07, 6.45) is 0. The Hall–Kier alpha value is -1.48. The lowest BCUT2D eigenvalue weighted by Crippen LogP contribution is -2.03. The monoisotopic (exact) mass is 319 g/mol. The summed E-state index contributed by atoms with van der Waals surface area (Å²) in [5.74, 6) is 0.913. The molecule has 0 atom stereocenters. The molecule has 0 aliphatic heterocycles. The zero-order valence-electron chi connectivity index (χ0n) is 11.5. The minimum Gasteiger partial charge on any atom is -0.496 e. The molecule has 2 rings (SSSR count). The van der Waals surface area contributed by atoms with Gasteiger partial charge in [-0.2, -0.15) is 0 Å². The number of aryl methyl sites for hydroxylation is 2. The van der Waals surface area contributed by atoms with Gasteiger partial charge in [-0.15, -0.1) is 0 Å². The van der Waals surface area contributed by atoms with Gasteiger partial charge in [0.25, 0.3) is 0 Å². The van der Waals surface area contributed by atoms with Crippen molar-refractivity contribution in [1.82, 2.24) is 0 Å². The number of ether oxygens (including phenoxy) is 1. The van der Waals surface area contributed by atoms with Crippen molar-refractivity contribution in [2.75, 3.05) is 12.4 Å². The predicted molar refractivity (Wildman–Crippen MR) is 83.9 cm³/mol. The Morgan fingerprint density at radius 3 is 2.58 bits per heavy atom. The highest BCUT2D eigenvalue weighted by Gasteiger charge is 2.06. The fourth-order valence-electron chi connectivity index (χ4n) is 2.17. The fourth-order valence-corrected chi connectivity index (χ4v) is 2.99. The second kappa shape index (κ2) is 6.11. The standard InChI is InChI=1S/C16H18BrNO/c1-11-8-12(2)16(14(17)9-11)18-10-13-6-4-5-7-15(13)19-3/h4-9,18H,10H2,1-3H3. The van der Waals surface area contributed by atoms with Crippen LogP contribution in [0.25, 0.3) is 0 Å². The lowest BCUT2D eigenvalue weighted by atomic mass is 10.1. The molecule has 0 aliphatic rings. The normalized spacial score (nSPS) is 10.3. The molecule has 0 fully saturated rings. The van der Waals surface area contributed by atoms with Crippen LogP contribution in [0.3, 0.4) is 0 Å². The highest BCUT2D eigenvalue weighted by atomic mass is 79.9. The molecule has 100 valence electrons. The number of halogens is 1. The maximum absolute atomic E-state index is 5.36. The summed E-state index contributed by atoms with van der Waals surface area (Å²) >= 11 is 3.61. The topological polar surface area (TPSA) is 21.3 Å². The molecule has 0 aliphatic carbocycles. The largest absolute Gasteiger partial charge is 0.496 e. The SMILES string of the molecule is COc1ccccc1CNc1c(C)cc(C)cc1Br. The molecule has 0 aromatic heterocycles. The van der Waals surface area contributed by atoms with Gasteiger partial charge in [0, 0.05) is 16.6 Å². The summed E-state index contributed by atoms with van der Waals surface area (Å²) < 4.78 is 6.46. The molecule has 19 heavy (non-hydrogen) atoms. The molecule has 2 nitrogen and oxygen atoms in total. The molecule has 2 aromatic carbocycles. The second-order valence-electron chi connectivity index (χ2n) is 4.60. The first-order valence-electron chi connectivity index (χ1n) is 6.24. The number of hydrogen-bond acceptors (Lipinski definition) is 2. The lowest BCUT2D eigenvalue weighted by Gasteiger charge is -2.14. The minimum atomic E-state index is 0.743. The van der Waals surface area contributed by atoms with E-state index in [-0.39, 0.29) is 0 Å². The average Bonchev–Trinajstić information content (AvgIpc) is 2.38. The molecule has 0 heterocycles. The minimum absolute atomic E-state index is 0.743. The molecule has 0 saturated carbocycles. The molecule has 0 amide bonds. The first-order chi connectivity index (χ1) is 9.11. The van der Waals surface area contributed by atoms with Gasteiger partial charge in [-0.25, -0.2) is 0 Å². The highest BCUT2D eigenvalue weighted by molar-refractivity contribution is 9.10. The van der Waals surface area contributed by atoms with Crippen LogP contribution in [-0.4, -0.2) is 7.11 Å². The summed E-state index contributed by atoms with van der Waals surface area (Å²) in [5.41, 5.74) is 4.78. The Kier molecular flexibility index (Phi) is 4.48. The van der Waals surface area contributed by atoms with Crippen LogP contribution < -0.4 is 10.1 Å². The smallest absolute Gasteiger partial charge is 0.123 e. The average molecular weight is 320 g/mol. The van der Waals surface area contributed by atoms with Crippen LogP contribution >= 0.6 is 15.9 Å². The highest BCUT2D eigenvalue weighted by Crippen LogP contribution is 2.29. The quantitative estimate of drug-likeness (QED) is 0.883. The van der Waals surface area contributed by atoms with Gasteiger partial charge in [-0.1, -0.05) is 24.3 Å². The van der Waals surface area contributed by atoms with Crippen LogP contribution in [0, 0.1) is 13.8 Å². The maximum atomic E-state index is 5.36. The van der Waals surface area contributed by atoms with Gasteiger partial charge in [-0.05, 0) is 53.0 Å². The predicted octanol–water partition coefficient (Wildman–Crippen LogP) is 4.69. The fraction of sp³-hybridized carbons (Fsp3) is 0.250. The molecule has 0 unspecified atom stereocenters. The summed E-state index contributed by atoms with van der Waals surface area (Å²) in [5, 5.41) is 3.47. The van der Waals surface area contributed by atoms with E-state index in [4.69, 9.17) is 4.74 Å². The third-order valence-corrected chi connectivity index (χ3v) is 3.71. The molecule has 0 saturated heterocycles. The van der Waals surface area contributed by atoms with E-state index in [9.17, 15) is 0 Å². The van der Waals surface area contributed by atoms with Gasteiger partial charge in [0.2, 0.25) is 0 Å². The number of hydrogen-bond donors (Lipinski definition) is 1. The van der Waals surface area contributed by atoms with Gasteiger partial charge in [-0.3, -0.25) is 0 Å². The van der Waals surface area contributed by atoms with Crippen LogP contribution in [0.1, 0.15) is 16.7 Å². The lowest BCUT2D eigenvalue weighted by molar-refractivity contribution is 0.410. The number of anilines is 1. The molecule has 0 spiro atoms. The zero-order valence-corrected chi connectivity index (χ0v) is 13.0. The van der Waals surface area contributed by atoms with E-state index in [1.54, 1.807) is 7.11 Å². The van der Waals surface area contributed by atoms with E-state index in [2.05, 4.69) is 53.3 Å². The number of benzene rings is 2. The zero-order chi connectivity index (χ0) is 13.8. The summed E-state index contributed by atoms with van der Waals surface area (Å²) in [6.45, 7) is 4.95. The number of rotatable bonds is 4. The Labute approximate surface area is 122 Å². The summed E-state index contributed by atoms with van der Waals surface area (Å²) in [6, 6.07) is 12.4. The van der Waals surface area contributed by atoms with Gasteiger partial charge >= 0.3 is 0 Å². The van der Waals surface area contributed by atoms with Gasteiger partial charge < -0.3 is 10.1 Å². The molecule has 2 aromatic rings. The van der Waals surface area contributed by atoms with E-state index in [0.717, 1.165) is 28.0 Å². The number of nitrogens with one attached hydrogen (secondary N) is 1. The first-order valence-corrected chi connectivity index (χ1v) is 7.03. The van der Waals surface area contributed by atoms with E-state index < -0.39 is 0 Å². The van der Waals surface area contributed by atoms with E-state index in [1.807, 2.05) is 18.2 Å². The Bertz CT molecular complexity index is 558. The molecular weight excluding hydrogens is 302 g/mol. The molecule has 3 heteroatoms. The van der Waals surface area contributed by atoms with Crippen LogP contribution in [0.2, 0.25) is 0 Å². The maximum Gasteiger partial charge on any atom is 0.123 e. The number of methoxy groups -OCH3 is 1. The van der Waals surface area contributed by atoms with Gasteiger partial charge in [0.1, 0.15) is 5.75 Å².